The van der Waals surface area contributed by atoms with Gasteiger partial charge in [-0.15, -0.1) is 0 Å². The van der Waals surface area contributed by atoms with Crippen molar-refractivity contribution in [2.24, 2.45) is 0 Å². The van der Waals surface area contributed by atoms with Gasteiger partial charge in [0.1, 0.15) is 11.4 Å². The lowest BCUT2D eigenvalue weighted by molar-refractivity contribution is -0.108. The van der Waals surface area contributed by atoms with Gasteiger partial charge in [0.15, 0.2) is 6.29 Å². The van der Waals surface area contributed by atoms with E-state index >= 15 is 0 Å². The topological polar surface area (TPSA) is 67.1 Å². The SMILES string of the molecule is CCOP(=O)(OCC)C(CC(OC)OC)c1occc1CC. The van der Waals surface area contributed by atoms with Crippen LogP contribution in [0.2, 0.25) is 0 Å². The maximum absolute atomic E-state index is 13.2. The Morgan fingerprint density at radius 2 is 1.73 bits per heavy atom. The predicted octanol–water partition coefficient (Wildman–Crippen LogP) is 4.16. The van der Waals surface area contributed by atoms with Crippen LogP contribution in [0.25, 0.3) is 0 Å². The first-order valence-electron chi connectivity index (χ1n) is 7.56. The summed E-state index contributed by atoms with van der Waals surface area (Å²) >= 11 is 0. The third-order valence-electron chi connectivity index (χ3n) is 3.41. The molecule has 128 valence electrons. The molecule has 0 saturated heterocycles. The van der Waals surface area contributed by atoms with E-state index in [9.17, 15) is 4.57 Å². The maximum atomic E-state index is 13.2. The third-order valence-corrected chi connectivity index (χ3v) is 5.85. The number of hydrogen-bond donors (Lipinski definition) is 0. The zero-order valence-corrected chi connectivity index (χ0v) is 14.9. The van der Waals surface area contributed by atoms with Crippen LogP contribution in [0.3, 0.4) is 0 Å². The zero-order chi connectivity index (χ0) is 16.6. The normalized spacial score (nSPS) is 13.7. The molecule has 1 aromatic heterocycles. The zero-order valence-electron chi connectivity index (χ0n) is 14.0. The second kappa shape index (κ2) is 9.48. The molecule has 0 amide bonds. The highest BCUT2D eigenvalue weighted by atomic mass is 31.2. The monoisotopic (exact) mass is 334 g/mol. The van der Waals surface area contributed by atoms with Crippen molar-refractivity contribution in [3.05, 3.63) is 23.7 Å². The summed E-state index contributed by atoms with van der Waals surface area (Å²) in [7, 11) is -0.308. The van der Waals surface area contributed by atoms with E-state index in [2.05, 4.69) is 0 Å². The largest absolute Gasteiger partial charge is 0.468 e. The van der Waals surface area contributed by atoms with E-state index in [1.165, 1.54) is 0 Å². The first-order chi connectivity index (χ1) is 10.6. The lowest BCUT2D eigenvalue weighted by Gasteiger charge is -2.27. The van der Waals surface area contributed by atoms with E-state index < -0.39 is 19.5 Å². The van der Waals surface area contributed by atoms with Gasteiger partial charge in [0, 0.05) is 20.6 Å². The van der Waals surface area contributed by atoms with Crippen LogP contribution in [0.4, 0.5) is 0 Å². The number of rotatable bonds is 11. The van der Waals surface area contributed by atoms with Crippen molar-refractivity contribution in [1.82, 2.24) is 0 Å². The van der Waals surface area contributed by atoms with Crippen molar-refractivity contribution in [1.29, 1.82) is 0 Å². The van der Waals surface area contributed by atoms with E-state index in [0.717, 1.165) is 12.0 Å². The summed E-state index contributed by atoms with van der Waals surface area (Å²) in [5, 5.41) is 0. The van der Waals surface area contributed by atoms with Gasteiger partial charge in [-0.25, -0.2) is 0 Å². The van der Waals surface area contributed by atoms with E-state index in [-0.39, 0.29) is 0 Å². The van der Waals surface area contributed by atoms with Crippen molar-refractivity contribution in [2.45, 2.75) is 45.6 Å². The fraction of sp³-hybridized carbons (Fsp3) is 0.733. The molecule has 6 nitrogen and oxygen atoms in total. The van der Waals surface area contributed by atoms with E-state index in [1.807, 2.05) is 13.0 Å². The molecule has 7 heteroatoms. The molecule has 1 unspecified atom stereocenters. The highest BCUT2D eigenvalue weighted by Gasteiger charge is 2.41. The molecule has 0 fully saturated rings. The molecule has 1 aromatic rings. The molecule has 0 bridgehead atoms. The number of methoxy groups -OCH3 is 2. The van der Waals surface area contributed by atoms with Gasteiger partial charge in [-0.05, 0) is 31.9 Å². The summed E-state index contributed by atoms with van der Waals surface area (Å²) < 4.78 is 40.4. The van der Waals surface area contributed by atoms with Crippen LogP contribution >= 0.6 is 7.60 Å². The molecule has 1 heterocycles. The van der Waals surface area contributed by atoms with Crippen LogP contribution in [0.1, 0.15) is 44.2 Å². The van der Waals surface area contributed by atoms with Gasteiger partial charge in [0.25, 0.3) is 0 Å². The smallest absolute Gasteiger partial charge is 0.341 e. The second-order valence-electron chi connectivity index (χ2n) is 4.69. The Bertz CT molecular complexity index is 458. The fourth-order valence-corrected chi connectivity index (χ4v) is 4.46. The molecule has 22 heavy (non-hydrogen) atoms. The van der Waals surface area contributed by atoms with E-state index in [0.29, 0.717) is 25.4 Å². The Kier molecular flexibility index (Phi) is 8.36. The van der Waals surface area contributed by atoms with Crippen LogP contribution in [0.5, 0.6) is 0 Å². The average molecular weight is 334 g/mol. The predicted molar refractivity (Wildman–Crippen MR) is 84.1 cm³/mol. The van der Waals surface area contributed by atoms with Gasteiger partial charge in [-0.3, -0.25) is 4.57 Å². The fourth-order valence-electron chi connectivity index (χ4n) is 2.36. The minimum absolute atomic E-state index is 0.292. The molecular weight excluding hydrogens is 307 g/mol. The summed E-state index contributed by atoms with van der Waals surface area (Å²) in [4.78, 5) is 0. The van der Waals surface area contributed by atoms with Gasteiger partial charge in [-0.2, -0.15) is 0 Å². The standard InChI is InChI=1S/C15H27O6P/c1-6-12-9-10-19-15(12)13(11-14(17-4)18-5)22(16,20-7-2)21-8-3/h9-10,13-14H,6-8,11H2,1-5H3. The van der Waals surface area contributed by atoms with E-state index in [1.54, 1.807) is 34.3 Å². The van der Waals surface area contributed by atoms with Gasteiger partial charge in [0.2, 0.25) is 0 Å². The highest BCUT2D eigenvalue weighted by Crippen LogP contribution is 2.63. The van der Waals surface area contributed by atoms with E-state index in [4.69, 9.17) is 22.9 Å². The molecule has 0 aromatic carbocycles. The molecule has 0 saturated carbocycles. The summed E-state index contributed by atoms with van der Waals surface area (Å²) in [6, 6.07) is 1.87. The minimum Gasteiger partial charge on any atom is -0.468 e. The minimum atomic E-state index is -3.39. The number of furan rings is 1. The molecule has 0 aliphatic rings. The molecular formula is C15H27O6P. The highest BCUT2D eigenvalue weighted by molar-refractivity contribution is 7.54. The van der Waals surface area contributed by atoms with Crippen LogP contribution in [0.15, 0.2) is 16.7 Å². The van der Waals surface area contributed by atoms with Crippen LogP contribution < -0.4 is 0 Å². The molecule has 0 N–H and O–H groups in total. The van der Waals surface area contributed by atoms with Gasteiger partial charge >= 0.3 is 7.60 Å². The first-order valence-corrected chi connectivity index (χ1v) is 9.17. The first kappa shape index (κ1) is 19.4. The second-order valence-corrected chi connectivity index (χ2v) is 6.91. The molecule has 1 atom stereocenters. The summed E-state index contributed by atoms with van der Waals surface area (Å²) in [5.74, 6) is 0.617. The molecule has 0 aliphatic carbocycles. The van der Waals surface area contributed by atoms with Gasteiger partial charge in [-0.1, -0.05) is 6.92 Å². The summed E-state index contributed by atoms with van der Waals surface area (Å²) in [6.07, 6.45) is 2.17. The molecule has 0 aliphatic heterocycles. The lowest BCUT2D eigenvalue weighted by atomic mass is 10.1. The van der Waals surface area contributed by atoms with Crippen LogP contribution in [0, 0.1) is 0 Å². The molecule has 0 radical (unpaired) electrons. The average Bonchev–Trinajstić information content (AvgIpc) is 2.97. The Morgan fingerprint density at radius 1 is 1.14 bits per heavy atom. The lowest BCUT2D eigenvalue weighted by Crippen LogP contribution is -2.19. The van der Waals surface area contributed by atoms with Crippen LogP contribution in [-0.2, 0) is 29.5 Å². The summed E-state index contributed by atoms with van der Waals surface area (Å²) in [5.41, 5.74) is 0.415. The Labute approximate surface area is 132 Å². The molecule has 1 rings (SSSR count). The third kappa shape index (κ3) is 4.67. The maximum Gasteiger partial charge on any atom is 0.341 e. The van der Waals surface area contributed by atoms with Gasteiger partial charge < -0.3 is 22.9 Å². The number of ether oxygens (including phenoxy) is 2. The van der Waals surface area contributed by atoms with Crippen molar-refractivity contribution in [3.63, 3.8) is 0 Å². The van der Waals surface area contributed by atoms with Crippen molar-refractivity contribution in [2.75, 3.05) is 27.4 Å². The van der Waals surface area contributed by atoms with Gasteiger partial charge in [0.05, 0.1) is 19.5 Å². The number of hydrogen-bond acceptors (Lipinski definition) is 6. The Hall–Kier alpha value is -0.650. The van der Waals surface area contributed by atoms with Crippen LogP contribution in [-0.4, -0.2) is 33.7 Å². The number of aryl methyl sites for hydroxylation is 1. The van der Waals surface area contributed by atoms with Crippen molar-refractivity contribution in [3.8, 4) is 0 Å². The van der Waals surface area contributed by atoms with Crippen molar-refractivity contribution < 1.29 is 27.5 Å². The Balaban J connectivity index is 3.22. The Morgan fingerprint density at radius 3 is 2.18 bits per heavy atom. The van der Waals surface area contributed by atoms with Crippen molar-refractivity contribution >= 4 is 7.60 Å². The summed E-state index contributed by atoms with van der Waals surface area (Å²) in [6.45, 7) is 6.18. The quantitative estimate of drug-likeness (QED) is 0.447. The molecule has 0 spiro atoms.